The number of esters is 1. The molecule has 0 spiro atoms. The van der Waals surface area contributed by atoms with Crippen LogP contribution in [0.4, 0.5) is 5.69 Å². The number of anilines is 1. The number of rotatable bonds is 8. The molecule has 2 rings (SSSR count). The average Bonchev–Trinajstić information content (AvgIpc) is 2.63. The zero-order valence-electron chi connectivity index (χ0n) is 14.8. The summed E-state index contributed by atoms with van der Waals surface area (Å²) in [7, 11) is 1.32. The minimum Gasteiger partial charge on any atom is -0.488 e. The van der Waals surface area contributed by atoms with Crippen LogP contribution in [0.2, 0.25) is 0 Å². The molecule has 0 aliphatic rings. The summed E-state index contributed by atoms with van der Waals surface area (Å²) >= 11 is 0. The molecule has 7 heteroatoms. The van der Waals surface area contributed by atoms with Gasteiger partial charge >= 0.3 is 5.97 Å². The highest BCUT2D eigenvalue weighted by atomic mass is 16.5. The molecule has 7 nitrogen and oxygen atoms in total. The van der Waals surface area contributed by atoms with Gasteiger partial charge in [-0.3, -0.25) is 14.4 Å². The predicted octanol–water partition coefficient (Wildman–Crippen LogP) is 2.52. The number of H-pyrrole nitrogens is 1. The van der Waals surface area contributed by atoms with Crippen LogP contribution < -0.4 is 15.5 Å². The lowest BCUT2D eigenvalue weighted by Crippen LogP contribution is -2.18. The Hall–Kier alpha value is -3.09. The van der Waals surface area contributed by atoms with Crippen LogP contribution in [0.15, 0.2) is 41.3 Å². The number of methoxy groups -OCH3 is 1. The minimum absolute atomic E-state index is 0.112. The lowest BCUT2D eigenvalue weighted by Gasteiger charge is -2.08. The number of amides is 1. The van der Waals surface area contributed by atoms with Crippen LogP contribution >= 0.6 is 0 Å². The summed E-state index contributed by atoms with van der Waals surface area (Å²) in [6.45, 7) is 2.49. The Bertz CT molecular complexity index is 829. The van der Waals surface area contributed by atoms with Crippen LogP contribution in [0.1, 0.15) is 35.8 Å². The summed E-state index contributed by atoms with van der Waals surface area (Å²) in [6, 6.07) is 8.06. The smallest absolute Gasteiger partial charge is 0.309 e. The first-order valence-corrected chi connectivity index (χ1v) is 8.36. The zero-order chi connectivity index (χ0) is 18.9. The molecule has 0 fully saturated rings. The van der Waals surface area contributed by atoms with Gasteiger partial charge in [0.15, 0.2) is 5.75 Å². The van der Waals surface area contributed by atoms with Crippen molar-refractivity contribution in [3.63, 3.8) is 0 Å². The van der Waals surface area contributed by atoms with E-state index < -0.39 is 5.91 Å². The number of nitrogens with one attached hydrogen (secondary N) is 2. The zero-order valence-corrected chi connectivity index (χ0v) is 14.8. The maximum absolute atomic E-state index is 12.3. The van der Waals surface area contributed by atoms with E-state index in [1.54, 1.807) is 24.3 Å². The van der Waals surface area contributed by atoms with Gasteiger partial charge in [-0.15, -0.1) is 0 Å². The van der Waals surface area contributed by atoms with E-state index in [0.717, 1.165) is 12.8 Å². The fraction of sp³-hybridized carbons (Fsp3) is 0.316. The van der Waals surface area contributed by atoms with Gasteiger partial charge in [0, 0.05) is 18.0 Å². The van der Waals surface area contributed by atoms with Gasteiger partial charge < -0.3 is 19.8 Å². The van der Waals surface area contributed by atoms with Crippen molar-refractivity contribution in [3.05, 3.63) is 58.0 Å². The third kappa shape index (κ3) is 5.47. The normalized spacial score (nSPS) is 10.2. The largest absolute Gasteiger partial charge is 0.488 e. The molecule has 2 aromatic rings. The molecule has 0 bridgehead atoms. The number of hydrogen-bond donors (Lipinski definition) is 2. The molecule has 0 saturated heterocycles. The topological polar surface area (TPSA) is 97.5 Å². The van der Waals surface area contributed by atoms with Crippen LogP contribution in [-0.4, -0.2) is 30.6 Å². The molecule has 1 amide bonds. The number of carbonyl (C=O) groups is 2. The molecule has 2 N–H and O–H groups in total. The number of ether oxygens (including phenoxy) is 2. The predicted molar refractivity (Wildman–Crippen MR) is 97.6 cm³/mol. The Morgan fingerprint density at radius 2 is 2.04 bits per heavy atom. The number of carbonyl (C=O) groups excluding carboxylic acids is 2. The number of unbranched alkanes of at least 4 members (excludes halogenated alkanes) is 1. The first-order chi connectivity index (χ1) is 12.5. The highest BCUT2D eigenvalue weighted by molar-refractivity contribution is 6.02. The second-order valence-corrected chi connectivity index (χ2v) is 5.68. The molecule has 0 aliphatic carbocycles. The lowest BCUT2D eigenvalue weighted by molar-refractivity contribution is -0.139. The van der Waals surface area contributed by atoms with Gasteiger partial charge in [0.1, 0.15) is 5.69 Å². The van der Waals surface area contributed by atoms with Gasteiger partial charge in [0.05, 0.1) is 20.1 Å². The van der Waals surface area contributed by atoms with E-state index in [1.807, 2.05) is 6.92 Å². The molecule has 0 unspecified atom stereocenters. The van der Waals surface area contributed by atoms with E-state index in [1.165, 1.54) is 19.4 Å². The molecule has 0 atom stereocenters. The van der Waals surface area contributed by atoms with Gasteiger partial charge in [-0.05, 0) is 24.1 Å². The van der Waals surface area contributed by atoms with Gasteiger partial charge in [0.25, 0.3) is 5.91 Å². The fourth-order valence-corrected chi connectivity index (χ4v) is 2.22. The summed E-state index contributed by atoms with van der Waals surface area (Å²) < 4.78 is 10.0. The molecular formula is C19H22N2O5. The Morgan fingerprint density at radius 1 is 1.23 bits per heavy atom. The van der Waals surface area contributed by atoms with Crippen LogP contribution in [-0.2, 0) is 16.0 Å². The van der Waals surface area contributed by atoms with Gasteiger partial charge in [-0.1, -0.05) is 25.5 Å². The summed E-state index contributed by atoms with van der Waals surface area (Å²) in [5.74, 6) is -0.635. The van der Waals surface area contributed by atoms with E-state index in [-0.39, 0.29) is 29.3 Å². The van der Waals surface area contributed by atoms with Crippen molar-refractivity contribution in [1.29, 1.82) is 0 Å². The van der Waals surface area contributed by atoms with E-state index in [2.05, 4.69) is 15.0 Å². The standard InChI is InChI=1S/C19H22N2O5/c1-3-4-8-26-17-12-20-15(11-16(17)22)19(24)21-14-7-5-6-13(9-14)10-18(23)25-2/h5-7,9,11-12H,3-4,8,10H2,1-2H3,(H,20,22)(H,21,24). The van der Waals surface area contributed by atoms with E-state index >= 15 is 0 Å². The van der Waals surface area contributed by atoms with E-state index in [4.69, 9.17) is 4.74 Å². The monoisotopic (exact) mass is 358 g/mol. The summed E-state index contributed by atoms with van der Waals surface area (Å²) in [5.41, 5.74) is 0.990. The van der Waals surface area contributed by atoms with Gasteiger partial charge in [-0.2, -0.15) is 0 Å². The Balaban J connectivity index is 2.05. The van der Waals surface area contributed by atoms with E-state index in [0.29, 0.717) is 17.9 Å². The summed E-state index contributed by atoms with van der Waals surface area (Å²) in [6.07, 6.45) is 3.32. The fourth-order valence-electron chi connectivity index (χ4n) is 2.22. The number of aromatic nitrogens is 1. The summed E-state index contributed by atoms with van der Waals surface area (Å²) in [4.78, 5) is 38.4. The summed E-state index contributed by atoms with van der Waals surface area (Å²) in [5, 5.41) is 2.69. The van der Waals surface area contributed by atoms with Crippen LogP contribution in [0.5, 0.6) is 5.75 Å². The molecular weight excluding hydrogens is 336 g/mol. The lowest BCUT2D eigenvalue weighted by atomic mass is 10.1. The molecule has 138 valence electrons. The minimum atomic E-state index is -0.461. The number of pyridine rings is 1. The van der Waals surface area contributed by atoms with Crippen molar-refractivity contribution < 1.29 is 19.1 Å². The highest BCUT2D eigenvalue weighted by Crippen LogP contribution is 2.13. The second kappa shape index (κ2) is 9.41. The molecule has 0 aliphatic heterocycles. The van der Waals surface area contributed by atoms with Crippen molar-refractivity contribution in [2.45, 2.75) is 26.2 Å². The molecule has 26 heavy (non-hydrogen) atoms. The maximum Gasteiger partial charge on any atom is 0.309 e. The molecule has 1 aromatic carbocycles. The first kappa shape index (κ1) is 19.2. The second-order valence-electron chi connectivity index (χ2n) is 5.68. The van der Waals surface area contributed by atoms with E-state index in [9.17, 15) is 14.4 Å². The molecule has 1 heterocycles. The third-order valence-corrected chi connectivity index (χ3v) is 3.64. The van der Waals surface area contributed by atoms with Crippen LogP contribution in [0.25, 0.3) is 0 Å². The SMILES string of the molecule is CCCCOc1c[nH]c(C(=O)Nc2cccc(CC(=O)OC)c2)cc1=O. The van der Waals surface area contributed by atoms with Crippen LogP contribution in [0.3, 0.4) is 0 Å². The number of benzene rings is 1. The number of hydrogen-bond acceptors (Lipinski definition) is 5. The van der Waals surface area contributed by atoms with Crippen molar-refractivity contribution >= 4 is 17.6 Å². The van der Waals surface area contributed by atoms with Crippen molar-refractivity contribution in [3.8, 4) is 5.75 Å². The Kier molecular flexibility index (Phi) is 6.96. The van der Waals surface area contributed by atoms with Crippen molar-refractivity contribution in [1.82, 2.24) is 4.98 Å². The quantitative estimate of drug-likeness (QED) is 0.558. The third-order valence-electron chi connectivity index (χ3n) is 3.64. The Labute approximate surface area is 151 Å². The number of aromatic amines is 1. The molecule has 0 radical (unpaired) electrons. The highest BCUT2D eigenvalue weighted by Gasteiger charge is 2.11. The molecule has 1 aromatic heterocycles. The van der Waals surface area contributed by atoms with Crippen LogP contribution in [0, 0.1) is 0 Å². The Morgan fingerprint density at radius 3 is 2.73 bits per heavy atom. The molecule has 0 saturated carbocycles. The van der Waals surface area contributed by atoms with Crippen molar-refractivity contribution in [2.75, 3.05) is 19.0 Å². The first-order valence-electron chi connectivity index (χ1n) is 8.36. The maximum atomic E-state index is 12.3. The van der Waals surface area contributed by atoms with Gasteiger partial charge in [-0.25, -0.2) is 0 Å². The average molecular weight is 358 g/mol. The van der Waals surface area contributed by atoms with Crippen molar-refractivity contribution in [2.24, 2.45) is 0 Å². The van der Waals surface area contributed by atoms with Gasteiger partial charge in [0.2, 0.25) is 5.43 Å².